The molecule has 128 valence electrons. The van der Waals surface area contributed by atoms with Gasteiger partial charge in [0.25, 0.3) is 0 Å². The highest BCUT2D eigenvalue weighted by atomic mass is 35.5. The van der Waals surface area contributed by atoms with E-state index in [-0.39, 0.29) is 6.61 Å². The first-order valence-electron chi connectivity index (χ1n) is 7.95. The standard InChI is InChI=1S/C21H17Cl3O/c22-18-7-1-15(2-8-18)21(13-14-25,16-3-9-19(23)10-4-16)17-5-11-20(24)12-6-17/h1-12,25H,13-14H2. The Morgan fingerprint density at radius 1 is 0.560 bits per heavy atom. The molecule has 0 saturated heterocycles. The number of halogens is 3. The van der Waals surface area contributed by atoms with Crippen LogP contribution in [0.3, 0.4) is 0 Å². The van der Waals surface area contributed by atoms with Crippen LogP contribution < -0.4 is 0 Å². The van der Waals surface area contributed by atoms with Gasteiger partial charge in [-0.1, -0.05) is 71.2 Å². The van der Waals surface area contributed by atoms with Crippen LogP contribution in [0.1, 0.15) is 23.1 Å². The summed E-state index contributed by atoms with van der Waals surface area (Å²) in [4.78, 5) is 0. The molecule has 0 unspecified atom stereocenters. The van der Waals surface area contributed by atoms with Gasteiger partial charge < -0.3 is 5.11 Å². The molecular weight excluding hydrogens is 375 g/mol. The monoisotopic (exact) mass is 390 g/mol. The summed E-state index contributed by atoms with van der Waals surface area (Å²) in [5, 5.41) is 11.9. The first-order chi connectivity index (χ1) is 12.1. The van der Waals surface area contributed by atoms with Crippen LogP contribution in [0.5, 0.6) is 0 Å². The molecule has 0 aliphatic rings. The Bertz CT molecular complexity index is 714. The molecule has 3 aromatic rings. The van der Waals surface area contributed by atoms with E-state index >= 15 is 0 Å². The van der Waals surface area contributed by atoms with Crippen molar-refractivity contribution in [2.24, 2.45) is 0 Å². The fourth-order valence-electron chi connectivity index (χ4n) is 3.30. The number of aliphatic hydroxyl groups is 1. The molecule has 1 N–H and O–H groups in total. The van der Waals surface area contributed by atoms with Crippen LogP contribution in [0, 0.1) is 0 Å². The van der Waals surface area contributed by atoms with Crippen molar-refractivity contribution in [3.05, 3.63) is 105 Å². The zero-order valence-electron chi connectivity index (χ0n) is 13.4. The normalized spacial score (nSPS) is 11.5. The average molecular weight is 392 g/mol. The largest absolute Gasteiger partial charge is 0.396 e. The summed E-state index contributed by atoms with van der Waals surface area (Å²) in [6.45, 7) is 0.0356. The number of rotatable bonds is 5. The maximum absolute atomic E-state index is 9.87. The zero-order valence-corrected chi connectivity index (χ0v) is 15.7. The fraction of sp³-hybridized carbons (Fsp3) is 0.143. The van der Waals surface area contributed by atoms with Crippen molar-refractivity contribution in [3.8, 4) is 0 Å². The lowest BCUT2D eigenvalue weighted by molar-refractivity contribution is 0.265. The predicted molar refractivity (Wildman–Crippen MR) is 106 cm³/mol. The van der Waals surface area contributed by atoms with Gasteiger partial charge in [-0.2, -0.15) is 0 Å². The van der Waals surface area contributed by atoms with Crippen molar-refractivity contribution in [1.29, 1.82) is 0 Å². The third-order valence-corrected chi connectivity index (χ3v) is 5.25. The summed E-state index contributed by atoms with van der Waals surface area (Å²) in [6, 6.07) is 23.2. The van der Waals surface area contributed by atoms with E-state index in [4.69, 9.17) is 34.8 Å². The van der Waals surface area contributed by atoms with Gasteiger partial charge >= 0.3 is 0 Å². The third kappa shape index (κ3) is 3.70. The molecule has 25 heavy (non-hydrogen) atoms. The molecule has 0 aromatic heterocycles. The minimum Gasteiger partial charge on any atom is -0.396 e. The molecule has 1 nitrogen and oxygen atoms in total. The number of hydrogen-bond donors (Lipinski definition) is 1. The molecule has 0 amide bonds. The molecule has 3 aromatic carbocycles. The van der Waals surface area contributed by atoms with Crippen molar-refractivity contribution in [3.63, 3.8) is 0 Å². The van der Waals surface area contributed by atoms with Gasteiger partial charge in [0.1, 0.15) is 0 Å². The van der Waals surface area contributed by atoms with E-state index in [9.17, 15) is 5.11 Å². The number of hydrogen-bond acceptors (Lipinski definition) is 1. The second-order valence-corrected chi connectivity index (χ2v) is 7.21. The summed E-state index contributed by atoms with van der Waals surface area (Å²) in [6.07, 6.45) is 0.526. The van der Waals surface area contributed by atoms with E-state index < -0.39 is 5.41 Å². The zero-order chi connectivity index (χ0) is 17.9. The topological polar surface area (TPSA) is 20.2 Å². The predicted octanol–water partition coefficient (Wildman–Crippen LogP) is 6.36. The van der Waals surface area contributed by atoms with Gasteiger partial charge in [-0.15, -0.1) is 0 Å². The maximum Gasteiger partial charge on any atom is 0.0473 e. The second kappa shape index (κ2) is 7.80. The lowest BCUT2D eigenvalue weighted by atomic mass is 9.67. The van der Waals surface area contributed by atoms with Crippen molar-refractivity contribution in [1.82, 2.24) is 0 Å². The molecule has 0 fully saturated rings. The van der Waals surface area contributed by atoms with E-state index in [2.05, 4.69) is 0 Å². The Hall–Kier alpha value is -1.51. The Morgan fingerprint density at radius 3 is 1.08 bits per heavy atom. The summed E-state index contributed by atoms with van der Waals surface area (Å²) < 4.78 is 0. The first-order valence-corrected chi connectivity index (χ1v) is 9.08. The Kier molecular flexibility index (Phi) is 5.71. The molecule has 0 spiro atoms. The summed E-state index contributed by atoms with van der Waals surface area (Å²) in [5.41, 5.74) is 2.64. The molecule has 0 radical (unpaired) electrons. The van der Waals surface area contributed by atoms with Gasteiger partial charge in [0, 0.05) is 27.1 Å². The minimum atomic E-state index is -0.519. The highest BCUT2D eigenvalue weighted by Gasteiger charge is 2.35. The van der Waals surface area contributed by atoms with Gasteiger partial charge in [0.05, 0.1) is 0 Å². The first kappa shape index (κ1) is 18.3. The lowest BCUT2D eigenvalue weighted by Crippen LogP contribution is -2.30. The van der Waals surface area contributed by atoms with E-state index in [1.165, 1.54) is 0 Å². The molecule has 0 saturated carbocycles. The van der Waals surface area contributed by atoms with Gasteiger partial charge in [-0.05, 0) is 59.5 Å². The molecule has 4 heteroatoms. The maximum atomic E-state index is 9.87. The van der Waals surface area contributed by atoms with Crippen LogP contribution in [-0.4, -0.2) is 11.7 Å². The average Bonchev–Trinajstić information content (AvgIpc) is 2.62. The van der Waals surface area contributed by atoms with Gasteiger partial charge in [-0.3, -0.25) is 0 Å². The summed E-state index contributed by atoms with van der Waals surface area (Å²) >= 11 is 18.3. The van der Waals surface area contributed by atoms with Gasteiger partial charge in [0.2, 0.25) is 0 Å². The van der Waals surface area contributed by atoms with E-state index in [0.717, 1.165) is 16.7 Å². The van der Waals surface area contributed by atoms with Crippen LogP contribution in [0.15, 0.2) is 72.8 Å². The Labute approximate surface area is 162 Å². The molecule has 0 aliphatic heterocycles. The molecule has 0 heterocycles. The SMILES string of the molecule is OCCC(c1ccc(Cl)cc1)(c1ccc(Cl)cc1)c1ccc(Cl)cc1. The Balaban J connectivity index is 2.28. The number of aliphatic hydroxyl groups excluding tert-OH is 1. The van der Waals surface area contributed by atoms with Crippen molar-refractivity contribution in [2.75, 3.05) is 6.61 Å². The molecular formula is C21H17Cl3O. The Morgan fingerprint density at radius 2 is 0.840 bits per heavy atom. The van der Waals surface area contributed by atoms with E-state index in [1.807, 2.05) is 72.8 Å². The van der Waals surface area contributed by atoms with E-state index in [1.54, 1.807) is 0 Å². The van der Waals surface area contributed by atoms with Crippen molar-refractivity contribution in [2.45, 2.75) is 11.8 Å². The molecule has 3 rings (SSSR count). The summed E-state index contributed by atoms with van der Waals surface area (Å²) in [7, 11) is 0. The number of benzene rings is 3. The van der Waals surface area contributed by atoms with Crippen LogP contribution in [0.2, 0.25) is 15.1 Å². The molecule has 0 atom stereocenters. The third-order valence-electron chi connectivity index (χ3n) is 4.50. The minimum absolute atomic E-state index is 0.0356. The highest BCUT2D eigenvalue weighted by molar-refractivity contribution is 6.31. The van der Waals surface area contributed by atoms with Gasteiger partial charge in [-0.25, -0.2) is 0 Å². The summed E-state index contributed by atoms with van der Waals surface area (Å²) in [5.74, 6) is 0. The van der Waals surface area contributed by atoms with Crippen molar-refractivity contribution >= 4 is 34.8 Å². The van der Waals surface area contributed by atoms with Crippen LogP contribution in [-0.2, 0) is 5.41 Å². The van der Waals surface area contributed by atoms with E-state index in [0.29, 0.717) is 21.5 Å². The molecule has 0 bridgehead atoms. The van der Waals surface area contributed by atoms with Gasteiger partial charge in [0.15, 0.2) is 0 Å². The second-order valence-electron chi connectivity index (χ2n) is 5.90. The van der Waals surface area contributed by atoms with Crippen molar-refractivity contribution < 1.29 is 5.11 Å². The smallest absolute Gasteiger partial charge is 0.0473 e. The lowest BCUT2D eigenvalue weighted by Gasteiger charge is -2.36. The van der Waals surface area contributed by atoms with Crippen LogP contribution >= 0.6 is 34.8 Å². The molecule has 0 aliphatic carbocycles. The quantitative estimate of drug-likeness (QED) is 0.501. The van der Waals surface area contributed by atoms with Crippen LogP contribution in [0.4, 0.5) is 0 Å². The highest BCUT2D eigenvalue weighted by Crippen LogP contribution is 2.43. The van der Waals surface area contributed by atoms with Crippen LogP contribution in [0.25, 0.3) is 0 Å². The fourth-order valence-corrected chi connectivity index (χ4v) is 3.68.